The Balaban J connectivity index is 1.96. The van der Waals surface area contributed by atoms with Gasteiger partial charge in [-0.05, 0) is 17.7 Å². The molecule has 2 rings (SSSR count). The summed E-state index contributed by atoms with van der Waals surface area (Å²) in [6.45, 7) is 0.174. The van der Waals surface area contributed by atoms with Crippen LogP contribution in [0.1, 0.15) is 5.56 Å². The first kappa shape index (κ1) is 13.7. The zero-order valence-corrected chi connectivity index (χ0v) is 11.0. The lowest BCUT2D eigenvalue weighted by atomic mass is 10.2. The van der Waals surface area contributed by atoms with E-state index < -0.39 is 6.09 Å². The van der Waals surface area contributed by atoms with E-state index in [2.05, 4.69) is 5.32 Å². The summed E-state index contributed by atoms with van der Waals surface area (Å²) in [7, 11) is 1.48. The molecule has 5 heteroatoms. The van der Waals surface area contributed by atoms with Crippen molar-refractivity contribution in [3.05, 3.63) is 54.1 Å². The number of phenols is 1. The summed E-state index contributed by atoms with van der Waals surface area (Å²) in [5.74, 6) is 0.476. The Morgan fingerprint density at radius 3 is 2.65 bits per heavy atom. The molecule has 0 aliphatic heterocycles. The number of nitrogens with one attached hydrogen (secondary N) is 1. The van der Waals surface area contributed by atoms with Crippen molar-refractivity contribution in [2.24, 2.45) is 0 Å². The van der Waals surface area contributed by atoms with Crippen LogP contribution in [0.4, 0.5) is 10.5 Å². The second-order valence-electron chi connectivity index (χ2n) is 4.07. The molecule has 5 nitrogen and oxygen atoms in total. The van der Waals surface area contributed by atoms with Crippen molar-refractivity contribution >= 4 is 11.8 Å². The van der Waals surface area contributed by atoms with Crippen molar-refractivity contribution in [3.8, 4) is 11.5 Å². The third-order valence-electron chi connectivity index (χ3n) is 2.63. The van der Waals surface area contributed by atoms with Crippen LogP contribution < -0.4 is 10.1 Å². The predicted octanol–water partition coefficient (Wildman–Crippen LogP) is 3.15. The van der Waals surface area contributed by atoms with Crippen LogP contribution in [0, 0.1) is 0 Å². The van der Waals surface area contributed by atoms with Crippen molar-refractivity contribution in [3.63, 3.8) is 0 Å². The highest BCUT2D eigenvalue weighted by atomic mass is 16.5. The number of methoxy groups -OCH3 is 1. The second-order valence-corrected chi connectivity index (χ2v) is 4.07. The number of ether oxygens (including phenoxy) is 2. The largest absolute Gasteiger partial charge is 0.508 e. The molecule has 0 atom stereocenters. The molecule has 0 fully saturated rings. The molecule has 0 radical (unpaired) electrons. The molecule has 2 aromatic carbocycles. The standard InChI is InChI=1S/C15H15NO4/c1-19-14-8-7-12(17)9-13(14)16-15(18)20-10-11-5-3-2-4-6-11/h2-9,17H,10H2,1H3,(H,16,18). The number of hydrogen-bond acceptors (Lipinski definition) is 4. The molecule has 2 N–H and O–H groups in total. The highest BCUT2D eigenvalue weighted by molar-refractivity contribution is 5.87. The molecule has 1 amide bonds. The Hall–Kier alpha value is -2.69. The average molecular weight is 273 g/mol. The van der Waals surface area contributed by atoms with Gasteiger partial charge in [0.25, 0.3) is 0 Å². The van der Waals surface area contributed by atoms with Gasteiger partial charge in [-0.2, -0.15) is 0 Å². The highest BCUT2D eigenvalue weighted by Gasteiger charge is 2.09. The average Bonchev–Trinajstić information content (AvgIpc) is 2.46. The van der Waals surface area contributed by atoms with E-state index in [9.17, 15) is 9.90 Å². The van der Waals surface area contributed by atoms with Gasteiger partial charge in [0, 0.05) is 6.07 Å². The second kappa shape index (κ2) is 6.47. The maximum atomic E-state index is 11.7. The maximum Gasteiger partial charge on any atom is 0.412 e. The summed E-state index contributed by atoms with van der Waals surface area (Å²) in [6.07, 6.45) is -0.613. The molecule has 0 aliphatic rings. The van der Waals surface area contributed by atoms with Gasteiger partial charge in [0.05, 0.1) is 12.8 Å². The molecule has 104 valence electrons. The van der Waals surface area contributed by atoms with Crippen molar-refractivity contribution < 1.29 is 19.4 Å². The lowest BCUT2D eigenvalue weighted by Crippen LogP contribution is -2.14. The Morgan fingerprint density at radius 2 is 1.95 bits per heavy atom. The van der Waals surface area contributed by atoms with Crippen molar-refractivity contribution in [1.82, 2.24) is 0 Å². The minimum Gasteiger partial charge on any atom is -0.508 e. The number of rotatable bonds is 4. The van der Waals surface area contributed by atoms with Gasteiger partial charge in [-0.3, -0.25) is 5.32 Å². The number of benzene rings is 2. The number of carbonyl (C=O) groups excluding carboxylic acids is 1. The topological polar surface area (TPSA) is 67.8 Å². The number of anilines is 1. The van der Waals surface area contributed by atoms with E-state index in [1.54, 1.807) is 6.07 Å². The van der Waals surface area contributed by atoms with Gasteiger partial charge in [-0.25, -0.2) is 4.79 Å². The van der Waals surface area contributed by atoms with Crippen LogP contribution >= 0.6 is 0 Å². The summed E-state index contributed by atoms with van der Waals surface area (Å²) in [6, 6.07) is 13.8. The SMILES string of the molecule is COc1ccc(O)cc1NC(=O)OCc1ccccc1. The Kier molecular flexibility index (Phi) is 4.44. The van der Waals surface area contributed by atoms with Gasteiger partial charge < -0.3 is 14.6 Å². The molecule has 0 aliphatic carbocycles. The number of phenolic OH excluding ortho intramolecular Hbond substituents is 1. The van der Waals surface area contributed by atoms with Gasteiger partial charge in [-0.15, -0.1) is 0 Å². The van der Waals surface area contributed by atoms with Gasteiger partial charge >= 0.3 is 6.09 Å². The summed E-state index contributed by atoms with van der Waals surface area (Å²) in [5, 5.41) is 11.9. The molecule has 20 heavy (non-hydrogen) atoms. The first-order chi connectivity index (χ1) is 9.69. The van der Waals surface area contributed by atoms with Crippen LogP contribution in [0.5, 0.6) is 11.5 Å². The zero-order chi connectivity index (χ0) is 14.4. The van der Waals surface area contributed by atoms with Crippen LogP contribution in [0.15, 0.2) is 48.5 Å². The Bertz CT molecular complexity index is 584. The minimum absolute atomic E-state index is 0.0316. The van der Waals surface area contributed by atoms with Gasteiger partial charge in [0.15, 0.2) is 0 Å². The van der Waals surface area contributed by atoms with Crippen molar-refractivity contribution in [2.45, 2.75) is 6.61 Å². The molecular weight excluding hydrogens is 258 g/mol. The van der Waals surface area contributed by atoms with Crippen molar-refractivity contribution in [1.29, 1.82) is 0 Å². The number of amides is 1. The van der Waals surface area contributed by atoms with E-state index in [4.69, 9.17) is 9.47 Å². The first-order valence-electron chi connectivity index (χ1n) is 6.04. The molecule has 0 spiro atoms. The summed E-state index contributed by atoms with van der Waals surface area (Å²) in [5.41, 5.74) is 1.25. The van der Waals surface area contributed by atoms with E-state index in [1.165, 1.54) is 19.2 Å². The van der Waals surface area contributed by atoms with Crippen LogP contribution in [-0.4, -0.2) is 18.3 Å². The summed E-state index contributed by atoms with van der Waals surface area (Å²) in [4.78, 5) is 11.7. The van der Waals surface area contributed by atoms with Gasteiger partial charge in [0.2, 0.25) is 0 Å². The smallest absolute Gasteiger partial charge is 0.412 e. The van der Waals surface area contributed by atoms with E-state index in [-0.39, 0.29) is 12.4 Å². The minimum atomic E-state index is -0.613. The van der Waals surface area contributed by atoms with E-state index in [0.717, 1.165) is 5.56 Å². The molecule has 2 aromatic rings. The van der Waals surface area contributed by atoms with E-state index >= 15 is 0 Å². The highest BCUT2D eigenvalue weighted by Crippen LogP contribution is 2.28. The lowest BCUT2D eigenvalue weighted by molar-refractivity contribution is 0.155. The Labute approximate surface area is 116 Å². The number of aromatic hydroxyl groups is 1. The molecule has 0 aromatic heterocycles. The third-order valence-corrected chi connectivity index (χ3v) is 2.63. The van der Waals surface area contributed by atoms with Crippen LogP contribution in [0.3, 0.4) is 0 Å². The van der Waals surface area contributed by atoms with Crippen LogP contribution in [0.2, 0.25) is 0 Å². The number of hydrogen-bond donors (Lipinski definition) is 2. The molecule has 0 saturated heterocycles. The fourth-order valence-corrected chi connectivity index (χ4v) is 1.66. The summed E-state index contributed by atoms with van der Waals surface area (Å²) < 4.78 is 10.2. The van der Waals surface area contributed by atoms with Crippen molar-refractivity contribution in [2.75, 3.05) is 12.4 Å². The van der Waals surface area contributed by atoms with Gasteiger partial charge in [0.1, 0.15) is 18.1 Å². The van der Waals surface area contributed by atoms with E-state index in [1.807, 2.05) is 30.3 Å². The normalized spacial score (nSPS) is 9.85. The number of carbonyl (C=O) groups is 1. The van der Waals surface area contributed by atoms with Gasteiger partial charge in [-0.1, -0.05) is 30.3 Å². The molecular formula is C15H15NO4. The maximum absolute atomic E-state index is 11.7. The predicted molar refractivity (Wildman–Crippen MR) is 74.9 cm³/mol. The van der Waals surface area contributed by atoms with E-state index in [0.29, 0.717) is 11.4 Å². The fourth-order valence-electron chi connectivity index (χ4n) is 1.66. The first-order valence-corrected chi connectivity index (χ1v) is 6.04. The van der Waals surface area contributed by atoms with Crippen LogP contribution in [-0.2, 0) is 11.3 Å². The van der Waals surface area contributed by atoms with Crippen LogP contribution in [0.25, 0.3) is 0 Å². The molecule has 0 heterocycles. The lowest BCUT2D eigenvalue weighted by Gasteiger charge is -2.11. The molecule has 0 bridgehead atoms. The Morgan fingerprint density at radius 1 is 1.20 bits per heavy atom. The quantitative estimate of drug-likeness (QED) is 0.898. The molecule has 0 unspecified atom stereocenters. The monoisotopic (exact) mass is 273 g/mol. The molecule has 0 saturated carbocycles. The zero-order valence-electron chi connectivity index (χ0n) is 11.0. The third kappa shape index (κ3) is 3.65. The summed E-state index contributed by atoms with van der Waals surface area (Å²) >= 11 is 0. The fraction of sp³-hybridized carbons (Fsp3) is 0.133.